The van der Waals surface area contributed by atoms with E-state index in [1.807, 2.05) is 31.2 Å². The van der Waals surface area contributed by atoms with Gasteiger partial charge in [-0.2, -0.15) is 0 Å². The molecule has 1 aromatic carbocycles. The van der Waals surface area contributed by atoms with Crippen molar-refractivity contribution in [2.75, 3.05) is 6.61 Å². The molecule has 1 aliphatic rings. The highest BCUT2D eigenvalue weighted by Crippen LogP contribution is 2.33. The molecule has 0 saturated heterocycles. The molecule has 2 rings (SSSR count). The second-order valence-corrected chi connectivity index (χ2v) is 3.64. The van der Waals surface area contributed by atoms with Crippen LogP contribution < -0.4 is 4.74 Å². The fraction of sp³-hybridized carbons (Fsp3) is 0.308. The molecule has 0 amide bonds. The first-order chi connectivity index (χ1) is 7.85. The molecule has 0 aromatic heterocycles. The molecule has 1 aromatic rings. The molecule has 1 atom stereocenters. The van der Waals surface area contributed by atoms with Gasteiger partial charge in [0.1, 0.15) is 12.0 Å². The van der Waals surface area contributed by atoms with E-state index in [-0.39, 0.29) is 5.92 Å². The Bertz CT molecular complexity index is 409. The Balaban J connectivity index is 2.23. The Kier molecular flexibility index (Phi) is 3.25. The minimum atomic E-state index is -0.267. The Labute approximate surface area is 94.7 Å². The third kappa shape index (κ3) is 2.08. The molecule has 0 aliphatic carbocycles. The summed E-state index contributed by atoms with van der Waals surface area (Å²) in [6.07, 6.45) is 3.52. The number of para-hydroxylation sites is 1. The van der Waals surface area contributed by atoms with Gasteiger partial charge in [0.05, 0.1) is 12.5 Å². The number of ether oxygens (including phenoxy) is 2. The molecule has 1 aliphatic heterocycles. The zero-order chi connectivity index (χ0) is 11.4. The van der Waals surface area contributed by atoms with Crippen molar-refractivity contribution in [3.8, 4) is 5.75 Å². The molecule has 1 heterocycles. The monoisotopic (exact) mass is 218 g/mol. The number of benzene rings is 1. The molecule has 3 heteroatoms. The average molecular weight is 218 g/mol. The van der Waals surface area contributed by atoms with E-state index >= 15 is 0 Å². The van der Waals surface area contributed by atoms with Gasteiger partial charge in [0.15, 0.2) is 0 Å². The molecule has 0 fully saturated rings. The van der Waals surface area contributed by atoms with Crippen LogP contribution in [-0.2, 0) is 9.53 Å². The zero-order valence-corrected chi connectivity index (χ0v) is 9.18. The van der Waals surface area contributed by atoms with Gasteiger partial charge in [-0.3, -0.25) is 0 Å². The lowest BCUT2D eigenvalue weighted by Gasteiger charge is -2.21. The Morgan fingerprint density at radius 3 is 3.00 bits per heavy atom. The number of aldehydes is 1. The molecule has 0 saturated carbocycles. The maximum Gasteiger partial charge on any atom is 0.281 e. The van der Waals surface area contributed by atoms with Crippen LogP contribution in [-0.4, -0.2) is 12.9 Å². The van der Waals surface area contributed by atoms with Crippen LogP contribution in [0.5, 0.6) is 5.75 Å². The third-order valence-electron chi connectivity index (χ3n) is 2.40. The van der Waals surface area contributed by atoms with Crippen LogP contribution in [0.4, 0.5) is 0 Å². The minimum absolute atomic E-state index is 0.267. The van der Waals surface area contributed by atoms with Crippen LogP contribution in [0.25, 0.3) is 0 Å². The van der Waals surface area contributed by atoms with Crippen molar-refractivity contribution in [1.29, 1.82) is 0 Å². The van der Waals surface area contributed by atoms with Crippen LogP contribution >= 0.6 is 0 Å². The van der Waals surface area contributed by atoms with E-state index in [1.54, 1.807) is 6.08 Å². The molecular weight excluding hydrogens is 204 g/mol. The molecule has 84 valence electrons. The van der Waals surface area contributed by atoms with Crippen molar-refractivity contribution < 1.29 is 14.3 Å². The molecule has 0 N–H and O–H groups in total. The van der Waals surface area contributed by atoms with Gasteiger partial charge in [-0.1, -0.05) is 25.1 Å². The second-order valence-electron chi connectivity index (χ2n) is 3.64. The Morgan fingerprint density at radius 1 is 1.44 bits per heavy atom. The second kappa shape index (κ2) is 4.84. The summed E-state index contributed by atoms with van der Waals surface area (Å²) in [7, 11) is 0. The highest BCUT2D eigenvalue weighted by atomic mass is 16.7. The molecule has 0 spiro atoms. The van der Waals surface area contributed by atoms with Crippen LogP contribution in [0.3, 0.4) is 0 Å². The lowest BCUT2D eigenvalue weighted by molar-refractivity contribution is -0.108. The predicted molar refractivity (Wildman–Crippen MR) is 60.2 cm³/mol. The fourth-order valence-corrected chi connectivity index (χ4v) is 1.62. The smallest absolute Gasteiger partial charge is 0.281 e. The first-order valence-corrected chi connectivity index (χ1v) is 5.42. The zero-order valence-electron chi connectivity index (χ0n) is 9.18. The number of fused-ring (bicyclic) bond motifs is 1. The molecule has 0 radical (unpaired) electrons. The lowest BCUT2D eigenvalue weighted by atomic mass is 9.98. The first kappa shape index (κ1) is 10.7. The molecular formula is C13H14O3. The molecule has 3 nitrogen and oxygen atoms in total. The number of rotatable bonds is 4. The average Bonchev–Trinajstić information content (AvgIpc) is 2.35. The normalized spacial score (nSPS) is 18.1. The Morgan fingerprint density at radius 2 is 2.25 bits per heavy atom. The summed E-state index contributed by atoms with van der Waals surface area (Å²) in [5.41, 5.74) is 0.890. The minimum Gasteiger partial charge on any atom is -0.465 e. The number of carbonyl (C=O) groups excluding carboxylic acids is 1. The summed E-state index contributed by atoms with van der Waals surface area (Å²) in [6.45, 7) is 2.62. The SMILES string of the molecule is CCCOC1=CC(C=O)c2ccccc2O1. The number of hydrogen-bond donors (Lipinski definition) is 0. The summed E-state index contributed by atoms with van der Waals surface area (Å²) in [6, 6.07) is 7.50. The molecule has 16 heavy (non-hydrogen) atoms. The van der Waals surface area contributed by atoms with E-state index < -0.39 is 0 Å². The van der Waals surface area contributed by atoms with Gasteiger partial charge in [0.25, 0.3) is 5.95 Å². The maximum atomic E-state index is 11.0. The van der Waals surface area contributed by atoms with E-state index in [0.29, 0.717) is 18.3 Å². The highest BCUT2D eigenvalue weighted by molar-refractivity contribution is 5.68. The van der Waals surface area contributed by atoms with Gasteiger partial charge >= 0.3 is 0 Å². The lowest BCUT2D eigenvalue weighted by Crippen LogP contribution is -2.12. The van der Waals surface area contributed by atoms with E-state index in [9.17, 15) is 4.79 Å². The van der Waals surface area contributed by atoms with Crippen molar-refractivity contribution in [1.82, 2.24) is 0 Å². The van der Waals surface area contributed by atoms with E-state index in [0.717, 1.165) is 18.3 Å². The standard InChI is InChI=1S/C13H14O3/c1-2-7-15-13-8-10(9-14)11-5-3-4-6-12(11)16-13/h3-6,8-10H,2,7H2,1H3. The quantitative estimate of drug-likeness (QED) is 0.729. The summed E-state index contributed by atoms with van der Waals surface area (Å²) < 4.78 is 10.9. The van der Waals surface area contributed by atoms with Crippen LogP contribution in [0.2, 0.25) is 0 Å². The van der Waals surface area contributed by atoms with Crippen molar-refractivity contribution in [3.63, 3.8) is 0 Å². The number of hydrogen-bond acceptors (Lipinski definition) is 3. The highest BCUT2D eigenvalue weighted by Gasteiger charge is 2.21. The van der Waals surface area contributed by atoms with E-state index in [1.165, 1.54) is 0 Å². The van der Waals surface area contributed by atoms with Gasteiger partial charge in [0, 0.05) is 11.6 Å². The van der Waals surface area contributed by atoms with Crippen LogP contribution in [0.15, 0.2) is 36.3 Å². The van der Waals surface area contributed by atoms with Crippen molar-refractivity contribution in [3.05, 3.63) is 41.9 Å². The number of carbonyl (C=O) groups is 1. The fourth-order valence-electron chi connectivity index (χ4n) is 1.62. The van der Waals surface area contributed by atoms with Crippen LogP contribution in [0, 0.1) is 0 Å². The topological polar surface area (TPSA) is 35.5 Å². The summed E-state index contributed by atoms with van der Waals surface area (Å²) in [5.74, 6) is 0.864. The van der Waals surface area contributed by atoms with E-state index in [4.69, 9.17) is 9.47 Å². The van der Waals surface area contributed by atoms with Gasteiger partial charge in [-0.25, -0.2) is 0 Å². The van der Waals surface area contributed by atoms with Gasteiger partial charge in [-0.05, 0) is 12.5 Å². The summed E-state index contributed by atoms with van der Waals surface area (Å²) >= 11 is 0. The van der Waals surface area contributed by atoms with Gasteiger partial charge < -0.3 is 14.3 Å². The van der Waals surface area contributed by atoms with Gasteiger partial charge in [0.2, 0.25) is 0 Å². The van der Waals surface area contributed by atoms with Gasteiger partial charge in [-0.15, -0.1) is 0 Å². The van der Waals surface area contributed by atoms with Crippen molar-refractivity contribution in [2.45, 2.75) is 19.3 Å². The molecule has 0 bridgehead atoms. The van der Waals surface area contributed by atoms with E-state index in [2.05, 4.69) is 0 Å². The maximum absolute atomic E-state index is 11.0. The predicted octanol–water partition coefficient (Wildman–Crippen LogP) is 2.63. The van der Waals surface area contributed by atoms with Crippen molar-refractivity contribution in [2.24, 2.45) is 0 Å². The third-order valence-corrected chi connectivity index (χ3v) is 2.40. The summed E-state index contributed by atoms with van der Waals surface area (Å²) in [4.78, 5) is 11.0. The number of allylic oxidation sites excluding steroid dienone is 1. The first-order valence-electron chi connectivity index (χ1n) is 5.42. The van der Waals surface area contributed by atoms with Crippen LogP contribution in [0.1, 0.15) is 24.8 Å². The van der Waals surface area contributed by atoms with Crippen molar-refractivity contribution >= 4 is 6.29 Å². The Hall–Kier alpha value is -1.77. The largest absolute Gasteiger partial charge is 0.465 e. The molecule has 1 unspecified atom stereocenters. The summed E-state index contributed by atoms with van der Waals surface area (Å²) in [5, 5.41) is 0.